The summed E-state index contributed by atoms with van der Waals surface area (Å²) >= 11 is 0. The van der Waals surface area contributed by atoms with Gasteiger partial charge in [0, 0.05) is 12.4 Å². The van der Waals surface area contributed by atoms with Crippen LogP contribution >= 0.6 is 0 Å². The predicted octanol–water partition coefficient (Wildman–Crippen LogP) is 3.51. The van der Waals surface area contributed by atoms with Gasteiger partial charge in [0.1, 0.15) is 23.1 Å². The van der Waals surface area contributed by atoms with Crippen LogP contribution in [-0.4, -0.2) is 15.0 Å². The minimum Gasteiger partial charge on any atom is -0.364 e. The second-order valence-corrected chi connectivity index (χ2v) is 4.66. The highest BCUT2D eigenvalue weighted by Gasteiger charge is 2.10. The van der Waals surface area contributed by atoms with E-state index in [0.29, 0.717) is 12.4 Å². The number of pyridine rings is 1. The Morgan fingerprint density at radius 1 is 0.870 bits per heavy atom. The second-order valence-electron chi connectivity index (χ2n) is 4.66. The molecule has 0 radical (unpaired) electrons. The first-order chi connectivity index (χ1) is 11.2. The monoisotopic (exact) mass is 313 g/mol. The summed E-state index contributed by atoms with van der Waals surface area (Å²) in [7, 11) is 0. The molecule has 23 heavy (non-hydrogen) atoms. The van der Waals surface area contributed by atoms with Gasteiger partial charge in [-0.05, 0) is 30.3 Å². The summed E-state index contributed by atoms with van der Waals surface area (Å²) in [4.78, 5) is 12.3. The second kappa shape index (κ2) is 6.78. The van der Waals surface area contributed by atoms with Gasteiger partial charge in [-0.15, -0.1) is 0 Å². The number of aromatic nitrogens is 3. The number of nitrogens with one attached hydrogen (secondary N) is 2. The van der Waals surface area contributed by atoms with E-state index >= 15 is 0 Å². The Kier molecular flexibility index (Phi) is 4.37. The number of hydrogen-bond acceptors (Lipinski definition) is 5. The molecule has 0 aliphatic carbocycles. The van der Waals surface area contributed by atoms with E-state index in [0.717, 1.165) is 17.8 Å². The van der Waals surface area contributed by atoms with E-state index in [1.165, 1.54) is 12.3 Å². The van der Waals surface area contributed by atoms with E-state index in [4.69, 9.17) is 0 Å². The molecule has 0 spiro atoms. The normalized spacial score (nSPS) is 10.3. The van der Waals surface area contributed by atoms with Crippen molar-refractivity contribution in [1.82, 2.24) is 15.0 Å². The van der Waals surface area contributed by atoms with E-state index < -0.39 is 11.6 Å². The first-order valence-corrected chi connectivity index (χ1v) is 6.90. The third kappa shape index (κ3) is 3.76. The first kappa shape index (κ1) is 14.8. The Morgan fingerprint density at radius 2 is 1.70 bits per heavy atom. The third-order valence-electron chi connectivity index (χ3n) is 3.03. The highest BCUT2D eigenvalue weighted by molar-refractivity contribution is 5.56. The van der Waals surface area contributed by atoms with Crippen LogP contribution in [0.2, 0.25) is 0 Å². The van der Waals surface area contributed by atoms with Crippen molar-refractivity contribution in [3.8, 4) is 0 Å². The summed E-state index contributed by atoms with van der Waals surface area (Å²) in [5, 5.41) is 5.63. The smallest absolute Gasteiger partial charge is 0.229 e. The number of anilines is 3. The molecular formula is C16H13F2N5. The molecule has 7 heteroatoms. The molecule has 5 nitrogen and oxygen atoms in total. The zero-order chi connectivity index (χ0) is 16.1. The van der Waals surface area contributed by atoms with Gasteiger partial charge in [-0.25, -0.2) is 13.8 Å². The van der Waals surface area contributed by atoms with E-state index in [2.05, 4.69) is 25.6 Å². The molecule has 0 aliphatic rings. The van der Waals surface area contributed by atoms with Crippen LogP contribution in [0, 0.1) is 11.6 Å². The number of nitrogens with zero attached hydrogens (tertiary/aromatic N) is 3. The van der Waals surface area contributed by atoms with Gasteiger partial charge < -0.3 is 10.6 Å². The summed E-state index contributed by atoms with van der Waals surface area (Å²) in [6.45, 7) is 0.478. The van der Waals surface area contributed by atoms with Crippen LogP contribution in [0.4, 0.5) is 26.2 Å². The van der Waals surface area contributed by atoms with Gasteiger partial charge in [0.2, 0.25) is 5.95 Å². The lowest BCUT2D eigenvalue weighted by atomic mass is 10.3. The molecule has 3 aromatic rings. The maximum Gasteiger partial charge on any atom is 0.229 e. The largest absolute Gasteiger partial charge is 0.364 e. The van der Waals surface area contributed by atoms with Crippen LogP contribution in [0.3, 0.4) is 0 Å². The molecule has 2 heterocycles. The van der Waals surface area contributed by atoms with Crippen LogP contribution < -0.4 is 10.6 Å². The van der Waals surface area contributed by atoms with Gasteiger partial charge in [0.15, 0.2) is 0 Å². The first-order valence-electron chi connectivity index (χ1n) is 6.90. The average molecular weight is 313 g/mol. The van der Waals surface area contributed by atoms with Gasteiger partial charge >= 0.3 is 0 Å². The minimum absolute atomic E-state index is 0.0972. The summed E-state index contributed by atoms with van der Waals surface area (Å²) in [6, 6.07) is 10.9. The Bertz CT molecular complexity index is 775. The quantitative estimate of drug-likeness (QED) is 0.755. The van der Waals surface area contributed by atoms with Crippen LogP contribution in [0.5, 0.6) is 0 Å². The van der Waals surface area contributed by atoms with E-state index in [1.54, 1.807) is 12.3 Å². The Morgan fingerprint density at radius 3 is 2.43 bits per heavy atom. The molecule has 0 amide bonds. The Hall–Kier alpha value is -3.09. The fraction of sp³-hybridized carbons (Fsp3) is 0.0625. The number of halogens is 2. The SMILES string of the molecule is Fc1cccc(F)c1Nc1nccc(NCc2ccccn2)n1. The van der Waals surface area contributed by atoms with Crippen molar-refractivity contribution in [3.05, 3.63) is 72.2 Å². The molecule has 0 saturated carbocycles. The Balaban J connectivity index is 1.72. The van der Waals surface area contributed by atoms with Crippen molar-refractivity contribution < 1.29 is 8.78 Å². The lowest BCUT2D eigenvalue weighted by Crippen LogP contribution is -2.06. The zero-order valence-corrected chi connectivity index (χ0v) is 12.0. The summed E-state index contributed by atoms with van der Waals surface area (Å²) < 4.78 is 27.2. The van der Waals surface area contributed by atoms with Crippen molar-refractivity contribution in [2.24, 2.45) is 0 Å². The number of hydrogen-bond donors (Lipinski definition) is 2. The van der Waals surface area contributed by atoms with Crippen molar-refractivity contribution >= 4 is 17.5 Å². The third-order valence-corrected chi connectivity index (χ3v) is 3.03. The molecule has 1 aromatic carbocycles. The fourth-order valence-electron chi connectivity index (χ4n) is 1.93. The molecule has 116 valence electrons. The van der Waals surface area contributed by atoms with Gasteiger partial charge in [-0.3, -0.25) is 4.98 Å². The predicted molar refractivity (Wildman–Crippen MR) is 83.2 cm³/mol. The molecule has 3 rings (SSSR count). The Labute approximate surface area is 131 Å². The van der Waals surface area contributed by atoms with Crippen LogP contribution in [0.15, 0.2) is 54.9 Å². The number of benzene rings is 1. The van der Waals surface area contributed by atoms with Crippen molar-refractivity contribution in [1.29, 1.82) is 0 Å². The summed E-state index contributed by atoms with van der Waals surface area (Å²) in [6.07, 6.45) is 3.19. The van der Waals surface area contributed by atoms with E-state index in [-0.39, 0.29) is 11.6 Å². The molecule has 0 saturated heterocycles. The topological polar surface area (TPSA) is 62.7 Å². The van der Waals surface area contributed by atoms with Gasteiger partial charge in [0.25, 0.3) is 0 Å². The molecule has 0 unspecified atom stereocenters. The summed E-state index contributed by atoms with van der Waals surface area (Å²) in [5.41, 5.74) is 0.565. The average Bonchev–Trinajstić information content (AvgIpc) is 2.58. The zero-order valence-electron chi connectivity index (χ0n) is 12.0. The fourth-order valence-corrected chi connectivity index (χ4v) is 1.93. The number of para-hydroxylation sites is 1. The lowest BCUT2D eigenvalue weighted by Gasteiger charge is -2.09. The maximum atomic E-state index is 13.6. The molecular weight excluding hydrogens is 300 g/mol. The van der Waals surface area contributed by atoms with E-state index in [9.17, 15) is 8.78 Å². The van der Waals surface area contributed by atoms with Crippen LogP contribution in [-0.2, 0) is 6.54 Å². The highest BCUT2D eigenvalue weighted by atomic mass is 19.1. The standard InChI is InChI=1S/C16H13F2N5/c17-12-5-3-6-13(18)15(12)23-16-20-9-7-14(22-16)21-10-11-4-1-2-8-19-11/h1-9H,10H2,(H2,20,21,22,23). The molecule has 0 bridgehead atoms. The van der Waals surface area contributed by atoms with Gasteiger partial charge in [0.05, 0.1) is 12.2 Å². The molecule has 0 fully saturated rings. The minimum atomic E-state index is -0.708. The van der Waals surface area contributed by atoms with Gasteiger partial charge in [-0.1, -0.05) is 12.1 Å². The van der Waals surface area contributed by atoms with Crippen LogP contribution in [0.1, 0.15) is 5.69 Å². The highest BCUT2D eigenvalue weighted by Crippen LogP contribution is 2.21. The lowest BCUT2D eigenvalue weighted by molar-refractivity contribution is 0.590. The number of rotatable bonds is 5. The van der Waals surface area contributed by atoms with Crippen molar-refractivity contribution in [2.45, 2.75) is 6.54 Å². The molecule has 2 aromatic heterocycles. The molecule has 0 atom stereocenters. The molecule has 0 aliphatic heterocycles. The molecule has 2 N–H and O–H groups in total. The summed E-state index contributed by atoms with van der Waals surface area (Å²) in [5.74, 6) is -0.800. The van der Waals surface area contributed by atoms with Crippen molar-refractivity contribution in [3.63, 3.8) is 0 Å². The maximum absolute atomic E-state index is 13.6. The van der Waals surface area contributed by atoms with E-state index in [1.807, 2.05) is 18.2 Å². The van der Waals surface area contributed by atoms with Crippen molar-refractivity contribution in [2.75, 3.05) is 10.6 Å². The van der Waals surface area contributed by atoms with Gasteiger partial charge in [-0.2, -0.15) is 4.98 Å². The van der Waals surface area contributed by atoms with Crippen LogP contribution in [0.25, 0.3) is 0 Å².